The minimum atomic E-state index is -0.913. The van der Waals surface area contributed by atoms with Gasteiger partial charge < -0.3 is 14.8 Å². The van der Waals surface area contributed by atoms with E-state index < -0.39 is 12.1 Å². The maximum absolute atomic E-state index is 12.5. The molecular formula is C23H29NO4. The lowest BCUT2D eigenvalue weighted by Crippen LogP contribution is -2.30. The molecule has 1 amide bonds. The first-order chi connectivity index (χ1) is 13.2. The Morgan fingerprint density at radius 1 is 0.964 bits per heavy atom. The number of hydrogen-bond acceptors (Lipinski definition) is 4. The second-order valence-corrected chi connectivity index (χ2v) is 7.54. The SMILES string of the molecule is Cc1cc(C)c(NC(=O)C(C)OC(=O)c2ccc(OCC(C)C)cc2)c(C)c1. The third-order valence-electron chi connectivity index (χ3n) is 4.25. The standard InChI is InChI=1S/C23H29NO4/c1-14(2)13-27-20-9-7-19(8-10-20)23(26)28-18(6)22(25)24-21-16(4)11-15(3)12-17(21)5/h7-12,14,18H,13H2,1-6H3,(H,24,25). The van der Waals surface area contributed by atoms with E-state index in [1.165, 1.54) is 0 Å². The second-order valence-electron chi connectivity index (χ2n) is 7.54. The van der Waals surface area contributed by atoms with Gasteiger partial charge in [0.25, 0.3) is 5.91 Å². The number of nitrogens with one attached hydrogen (secondary N) is 1. The highest BCUT2D eigenvalue weighted by molar-refractivity contribution is 5.98. The maximum atomic E-state index is 12.5. The van der Waals surface area contributed by atoms with Gasteiger partial charge in [-0.25, -0.2) is 4.79 Å². The molecule has 2 aromatic carbocycles. The van der Waals surface area contributed by atoms with Gasteiger partial charge in [0.2, 0.25) is 0 Å². The molecule has 0 radical (unpaired) electrons. The molecule has 1 N–H and O–H groups in total. The van der Waals surface area contributed by atoms with E-state index in [9.17, 15) is 9.59 Å². The molecule has 150 valence electrons. The lowest BCUT2D eigenvalue weighted by molar-refractivity contribution is -0.123. The first-order valence-electron chi connectivity index (χ1n) is 9.50. The Hall–Kier alpha value is -2.82. The third kappa shape index (κ3) is 5.84. The molecule has 0 aliphatic carbocycles. The van der Waals surface area contributed by atoms with Gasteiger partial charge in [0.1, 0.15) is 5.75 Å². The summed E-state index contributed by atoms with van der Waals surface area (Å²) < 4.78 is 10.9. The quantitative estimate of drug-likeness (QED) is 0.696. The Labute approximate surface area is 167 Å². The summed E-state index contributed by atoms with van der Waals surface area (Å²) in [6.07, 6.45) is -0.913. The van der Waals surface area contributed by atoms with Crippen molar-refractivity contribution >= 4 is 17.6 Å². The summed E-state index contributed by atoms with van der Waals surface area (Å²) in [6.45, 7) is 12.2. The molecule has 1 atom stereocenters. The maximum Gasteiger partial charge on any atom is 0.338 e. The Bertz CT molecular complexity index is 817. The summed E-state index contributed by atoms with van der Waals surface area (Å²) in [5.74, 6) is 0.210. The summed E-state index contributed by atoms with van der Waals surface area (Å²) in [5, 5.41) is 2.86. The molecule has 0 fully saturated rings. The number of esters is 1. The van der Waals surface area contributed by atoms with Crippen molar-refractivity contribution in [3.63, 3.8) is 0 Å². The van der Waals surface area contributed by atoms with Crippen molar-refractivity contribution < 1.29 is 19.1 Å². The third-order valence-corrected chi connectivity index (χ3v) is 4.25. The van der Waals surface area contributed by atoms with Gasteiger partial charge in [-0.1, -0.05) is 31.5 Å². The van der Waals surface area contributed by atoms with Gasteiger partial charge in [0.05, 0.1) is 12.2 Å². The molecule has 5 nitrogen and oxygen atoms in total. The van der Waals surface area contributed by atoms with E-state index in [-0.39, 0.29) is 5.91 Å². The minimum Gasteiger partial charge on any atom is -0.493 e. The number of rotatable bonds is 7. The van der Waals surface area contributed by atoms with E-state index in [0.29, 0.717) is 23.8 Å². The van der Waals surface area contributed by atoms with Gasteiger partial charge in [0.15, 0.2) is 6.10 Å². The zero-order chi connectivity index (χ0) is 20.8. The van der Waals surface area contributed by atoms with Crippen molar-refractivity contribution in [2.45, 2.75) is 47.6 Å². The van der Waals surface area contributed by atoms with Crippen LogP contribution in [-0.2, 0) is 9.53 Å². The van der Waals surface area contributed by atoms with Crippen LogP contribution in [0.1, 0.15) is 47.8 Å². The molecule has 0 bridgehead atoms. The number of ether oxygens (including phenoxy) is 2. The molecule has 2 rings (SSSR count). The fourth-order valence-corrected chi connectivity index (χ4v) is 2.83. The van der Waals surface area contributed by atoms with Crippen LogP contribution in [0.15, 0.2) is 36.4 Å². The Balaban J connectivity index is 1.97. The van der Waals surface area contributed by atoms with Crippen LogP contribution in [0.5, 0.6) is 5.75 Å². The predicted octanol–water partition coefficient (Wildman–Crippen LogP) is 4.83. The summed E-state index contributed by atoms with van der Waals surface area (Å²) >= 11 is 0. The van der Waals surface area contributed by atoms with Crippen LogP contribution in [0.2, 0.25) is 0 Å². The summed E-state index contributed by atoms with van der Waals surface area (Å²) in [5.41, 5.74) is 4.21. The van der Waals surface area contributed by atoms with Crippen molar-refractivity contribution in [3.05, 3.63) is 58.7 Å². The molecule has 0 saturated carbocycles. The van der Waals surface area contributed by atoms with Gasteiger partial charge in [-0.2, -0.15) is 0 Å². The van der Waals surface area contributed by atoms with Crippen LogP contribution in [0.25, 0.3) is 0 Å². The molecule has 0 aliphatic rings. The number of carbonyl (C=O) groups is 2. The number of benzene rings is 2. The number of amides is 1. The average molecular weight is 383 g/mol. The molecule has 0 saturated heterocycles. The molecule has 0 spiro atoms. The topological polar surface area (TPSA) is 64.6 Å². The van der Waals surface area contributed by atoms with E-state index >= 15 is 0 Å². The highest BCUT2D eigenvalue weighted by Gasteiger charge is 2.20. The lowest BCUT2D eigenvalue weighted by Gasteiger charge is -2.17. The first kappa shape index (κ1) is 21.5. The molecular weight excluding hydrogens is 354 g/mol. The summed E-state index contributed by atoms with van der Waals surface area (Å²) in [4.78, 5) is 24.8. The van der Waals surface area contributed by atoms with Crippen LogP contribution < -0.4 is 10.1 Å². The zero-order valence-corrected chi connectivity index (χ0v) is 17.5. The monoisotopic (exact) mass is 383 g/mol. The van der Waals surface area contributed by atoms with Crippen LogP contribution in [0, 0.1) is 26.7 Å². The number of carbonyl (C=O) groups excluding carboxylic acids is 2. The zero-order valence-electron chi connectivity index (χ0n) is 17.5. The minimum absolute atomic E-state index is 0.361. The highest BCUT2D eigenvalue weighted by Crippen LogP contribution is 2.22. The fourth-order valence-electron chi connectivity index (χ4n) is 2.83. The van der Waals surface area contributed by atoms with Gasteiger partial charge in [-0.15, -0.1) is 0 Å². The number of aryl methyl sites for hydroxylation is 3. The lowest BCUT2D eigenvalue weighted by atomic mass is 10.0. The van der Waals surface area contributed by atoms with Gasteiger partial charge in [0, 0.05) is 5.69 Å². The molecule has 28 heavy (non-hydrogen) atoms. The summed E-state index contributed by atoms with van der Waals surface area (Å²) in [6, 6.07) is 10.7. The summed E-state index contributed by atoms with van der Waals surface area (Å²) in [7, 11) is 0. The Kier molecular flexibility index (Phi) is 7.21. The molecule has 0 aromatic heterocycles. The van der Waals surface area contributed by atoms with E-state index in [1.807, 2.05) is 32.9 Å². The first-order valence-corrected chi connectivity index (χ1v) is 9.50. The molecule has 5 heteroatoms. The molecule has 0 heterocycles. The van der Waals surface area contributed by atoms with Gasteiger partial charge in [-0.05, 0) is 69.0 Å². The van der Waals surface area contributed by atoms with Crippen molar-refractivity contribution in [2.75, 3.05) is 11.9 Å². The smallest absolute Gasteiger partial charge is 0.338 e. The van der Waals surface area contributed by atoms with Gasteiger partial charge in [-0.3, -0.25) is 4.79 Å². The van der Waals surface area contributed by atoms with Crippen molar-refractivity contribution in [2.24, 2.45) is 5.92 Å². The predicted molar refractivity (Wildman–Crippen MR) is 111 cm³/mol. The second kappa shape index (κ2) is 9.40. The molecule has 2 aromatic rings. The van der Waals surface area contributed by atoms with Crippen LogP contribution in [0.3, 0.4) is 0 Å². The number of anilines is 1. The van der Waals surface area contributed by atoms with Crippen LogP contribution in [-0.4, -0.2) is 24.6 Å². The van der Waals surface area contributed by atoms with Crippen molar-refractivity contribution in [1.29, 1.82) is 0 Å². The Morgan fingerprint density at radius 3 is 2.07 bits per heavy atom. The van der Waals surface area contributed by atoms with E-state index in [1.54, 1.807) is 31.2 Å². The molecule has 0 aliphatic heterocycles. The van der Waals surface area contributed by atoms with E-state index in [0.717, 1.165) is 22.4 Å². The van der Waals surface area contributed by atoms with Crippen molar-refractivity contribution in [1.82, 2.24) is 0 Å². The normalized spacial score (nSPS) is 11.8. The van der Waals surface area contributed by atoms with Crippen LogP contribution >= 0.6 is 0 Å². The van der Waals surface area contributed by atoms with E-state index in [2.05, 4.69) is 19.2 Å². The van der Waals surface area contributed by atoms with Crippen molar-refractivity contribution in [3.8, 4) is 5.75 Å². The Morgan fingerprint density at radius 2 is 1.54 bits per heavy atom. The average Bonchev–Trinajstić information content (AvgIpc) is 2.63. The molecule has 1 unspecified atom stereocenters. The number of hydrogen-bond donors (Lipinski definition) is 1. The van der Waals surface area contributed by atoms with Crippen LogP contribution in [0.4, 0.5) is 5.69 Å². The largest absolute Gasteiger partial charge is 0.493 e. The highest BCUT2D eigenvalue weighted by atomic mass is 16.5. The van der Waals surface area contributed by atoms with Gasteiger partial charge >= 0.3 is 5.97 Å². The van der Waals surface area contributed by atoms with E-state index in [4.69, 9.17) is 9.47 Å². The fraction of sp³-hybridized carbons (Fsp3) is 0.391.